The van der Waals surface area contributed by atoms with Crippen LogP contribution in [0.1, 0.15) is 31.3 Å². The zero-order valence-electron chi connectivity index (χ0n) is 14.9. The molecule has 0 radical (unpaired) electrons. The van der Waals surface area contributed by atoms with E-state index in [0.29, 0.717) is 6.54 Å². The summed E-state index contributed by atoms with van der Waals surface area (Å²) in [7, 11) is 1.87. The second kappa shape index (κ2) is 8.80. The van der Waals surface area contributed by atoms with E-state index in [4.69, 9.17) is 4.98 Å². The Hall–Kier alpha value is -2.16. The van der Waals surface area contributed by atoms with E-state index in [0.717, 1.165) is 55.2 Å². The number of aliphatic imine (C=N–C) groups is 1. The molecule has 136 valence electrons. The van der Waals surface area contributed by atoms with Crippen molar-refractivity contribution in [3.05, 3.63) is 23.2 Å². The molecule has 0 spiro atoms. The predicted molar refractivity (Wildman–Crippen MR) is 101 cm³/mol. The lowest BCUT2D eigenvalue weighted by Crippen LogP contribution is -2.38. The van der Waals surface area contributed by atoms with E-state index in [1.54, 1.807) is 22.3 Å². The maximum absolute atomic E-state index is 4.76. The summed E-state index contributed by atoms with van der Waals surface area (Å²) in [5.74, 6) is 1.63. The molecular formula is C16H26N8S. The van der Waals surface area contributed by atoms with Gasteiger partial charge in [0.25, 0.3) is 0 Å². The SMILES string of the molecule is CCNC(=NCc1ncnn1C)NCCc1csc(N2CCCC2)n1. The Labute approximate surface area is 152 Å². The molecule has 2 aromatic heterocycles. The fourth-order valence-electron chi connectivity index (χ4n) is 2.73. The lowest BCUT2D eigenvalue weighted by Gasteiger charge is -2.12. The van der Waals surface area contributed by atoms with Crippen LogP contribution < -0.4 is 15.5 Å². The summed E-state index contributed by atoms with van der Waals surface area (Å²) in [6, 6.07) is 0. The van der Waals surface area contributed by atoms with Crippen molar-refractivity contribution in [2.45, 2.75) is 32.7 Å². The molecular weight excluding hydrogens is 336 g/mol. The first-order chi connectivity index (χ1) is 12.3. The third kappa shape index (κ3) is 4.91. The van der Waals surface area contributed by atoms with Crippen LogP contribution in [0.3, 0.4) is 0 Å². The van der Waals surface area contributed by atoms with Gasteiger partial charge in [-0.15, -0.1) is 11.3 Å². The van der Waals surface area contributed by atoms with Gasteiger partial charge in [0.15, 0.2) is 11.1 Å². The molecule has 9 heteroatoms. The molecule has 0 aliphatic carbocycles. The van der Waals surface area contributed by atoms with Crippen LogP contribution in [0, 0.1) is 0 Å². The van der Waals surface area contributed by atoms with Gasteiger partial charge in [-0.05, 0) is 19.8 Å². The van der Waals surface area contributed by atoms with Gasteiger partial charge >= 0.3 is 0 Å². The van der Waals surface area contributed by atoms with Gasteiger partial charge in [-0.2, -0.15) is 5.10 Å². The summed E-state index contributed by atoms with van der Waals surface area (Å²) >= 11 is 1.75. The highest BCUT2D eigenvalue weighted by Gasteiger charge is 2.15. The van der Waals surface area contributed by atoms with Crippen molar-refractivity contribution in [3.63, 3.8) is 0 Å². The zero-order valence-corrected chi connectivity index (χ0v) is 15.7. The first kappa shape index (κ1) is 17.7. The Balaban J connectivity index is 1.49. The summed E-state index contributed by atoms with van der Waals surface area (Å²) in [5, 5.41) is 14.0. The van der Waals surface area contributed by atoms with E-state index >= 15 is 0 Å². The highest BCUT2D eigenvalue weighted by Crippen LogP contribution is 2.24. The number of hydrogen-bond acceptors (Lipinski definition) is 6. The minimum atomic E-state index is 0.502. The Bertz CT molecular complexity index is 686. The van der Waals surface area contributed by atoms with E-state index in [1.165, 1.54) is 12.8 Å². The Morgan fingerprint density at radius 3 is 2.88 bits per heavy atom. The third-order valence-electron chi connectivity index (χ3n) is 4.12. The van der Waals surface area contributed by atoms with Crippen molar-refractivity contribution in [3.8, 4) is 0 Å². The first-order valence-corrected chi connectivity index (χ1v) is 9.68. The van der Waals surface area contributed by atoms with Crippen molar-refractivity contribution in [2.24, 2.45) is 12.0 Å². The molecule has 0 bridgehead atoms. The summed E-state index contributed by atoms with van der Waals surface area (Å²) < 4.78 is 1.74. The van der Waals surface area contributed by atoms with Crippen LogP contribution in [0.25, 0.3) is 0 Å². The zero-order chi connectivity index (χ0) is 17.5. The third-order valence-corrected chi connectivity index (χ3v) is 5.07. The van der Waals surface area contributed by atoms with Crippen LogP contribution in [-0.4, -0.2) is 51.9 Å². The quantitative estimate of drug-likeness (QED) is 0.568. The molecule has 2 N–H and O–H groups in total. The molecule has 0 saturated carbocycles. The first-order valence-electron chi connectivity index (χ1n) is 8.80. The van der Waals surface area contributed by atoms with Crippen LogP contribution >= 0.6 is 11.3 Å². The van der Waals surface area contributed by atoms with Crippen molar-refractivity contribution < 1.29 is 0 Å². The molecule has 0 atom stereocenters. The highest BCUT2D eigenvalue weighted by molar-refractivity contribution is 7.13. The number of hydrogen-bond donors (Lipinski definition) is 2. The van der Waals surface area contributed by atoms with E-state index in [1.807, 2.05) is 7.05 Å². The molecule has 1 aliphatic rings. The van der Waals surface area contributed by atoms with E-state index < -0.39 is 0 Å². The normalized spacial score (nSPS) is 15.0. The molecule has 1 saturated heterocycles. The molecule has 0 aromatic carbocycles. The molecule has 0 amide bonds. The van der Waals surface area contributed by atoms with Crippen LogP contribution in [-0.2, 0) is 20.0 Å². The summed E-state index contributed by atoms with van der Waals surface area (Å²) in [6.07, 6.45) is 5.00. The van der Waals surface area contributed by atoms with Crippen LogP contribution in [0.5, 0.6) is 0 Å². The predicted octanol–water partition coefficient (Wildman–Crippen LogP) is 1.17. The Morgan fingerprint density at radius 1 is 1.32 bits per heavy atom. The van der Waals surface area contributed by atoms with Gasteiger partial charge in [0.05, 0.1) is 5.69 Å². The highest BCUT2D eigenvalue weighted by atomic mass is 32.1. The maximum atomic E-state index is 4.76. The van der Waals surface area contributed by atoms with Crippen LogP contribution in [0.15, 0.2) is 16.7 Å². The van der Waals surface area contributed by atoms with Gasteiger partial charge in [-0.1, -0.05) is 0 Å². The van der Waals surface area contributed by atoms with E-state index in [9.17, 15) is 0 Å². The Kier molecular flexibility index (Phi) is 6.21. The van der Waals surface area contributed by atoms with Crippen LogP contribution in [0.4, 0.5) is 5.13 Å². The molecule has 1 fully saturated rings. The molecule has 8 nitrogen and oxygen atoms in total. The molecule has 3 rings (SSSR count). The number of guanidine groups is 1. The molecule has 0 unspecified atom stereocenters. The summed E-state index contributed by atoms with van der Waals surface area (Å²) in [4.78, 5) is 15.9. The minimum Gasteiger partial charge on any atom is -0.357 e. The van der Waals surface area contributed by atoms with Gasteiger partial charge in [-0.25, -0.2) is 15.0 Å². The number of anilines is 1. The van der Waals surface area contributed by atoms with Gasteiger partial charge in [0.2, 0.25) is 0 Å². The topological polar surface area (TPSA) is 83.3 Å². The summed E-state index contributed by atoms with van der Waals surface area (Å²) in [5.41, 5.74) is 1.14. The van der Waals surface area contributed by atoms with Crippen molar-refractivity contribution in [1.29, 1.82) is 0 Å². The number of thiazole rings is 1. The molecule has 2 aromatic rings. The lowest BCUT2D eigenvalue weighted by molar-refractivity contribution is 0.697. The van der Waals surface area contributed by atoms with Crippen molar-refractivity contribution in [2.75, 3.05) is 31.1 Å². The smallest absolute Gasteiger partial charge is 0.191 e. The average molecular weight is 363 g/mol. The fourth-order valence-corrected chi connectivity index (χ4v) is 3.64. The largest absolute Gasteiger partial charge is 0.357 e. The van der Waals surface area contributed by atoms with Gasteiger partial charge in [0.1, 0.15) is 18.7 Å². The maximum Gasteiger partial charge on any atom is 0.191 e. The second-order valence-corrected chi connectivity index (χ2v) is 6.82. The van der Waals surface area contributed by atoms with Gasteiger partial charge in [0, 0.05) is 45.0 Å². The minimum absolute atomic E-state index is 0.502. The average Bonchev–Trinajstić information content (AvgIpc) is 3.34. The van der Waals surface area contributed by atoms with E-state index in [2.05, 4.69) is 42.9 Å². The molecule has 3 heterocycles. The van der Waals surface area contributed by atoms with Crippen molar-refractivity contribution >= 4 is 22.4 Å². The van der Waals surface area contributed by atoms with Gasteiger partial charge < -0.3 is 15.5 Å². The number of rotatable bonds is 7. The van der Waals surface area contributed by atoms with E-state index in [-0.39, 0.29) is 0 Å². The monoisotopic (exact) mass is 362 g/mol. The number of aromatic nitrogens is 4. The van der Waals surface area contributed by atoms with Crippen molar-refractivity contribution in [1.82, 2.24) is 30.4 Å². The number of nitrogens with one attached hydrogen (secondary N) is 2. The fraction of sp³-hybridized carbons (Fsp3) is 0.625. The number of nitrogens with zero attached hydrogens (tertiary/aromatic N) is 6. The molecule has 25 heavy (non-hydrogen) atoms. The summed E-state index contributed by atoms with van der Waals surface area (Å²) in [6.45, 7) is 6.47. The van der Waals surface area contributed by atoms with Crippen LogP contribution in [0.2, 0.25) is 0 Å². The van der Waals surface area contributed by atoms with Gasteiger partial charge in [-0.3, -0.25) is 4.68 Å². The molecule has 1 aliphatic heterocycles. The number of aryl methyl sites for hydroxylation is 1. The lowest BCUT2D eigenvalue weighted by atomic mass is 10.3. The second-order valence-electron chi connectivity index (χ2n) is 5.99. The standard InChI is InChI=1S/C16H26N8S/c1-3-17-15(19-10-14-20-12-21-23(14)2)18-7-6-13-11-25-16(22-13)24-8-4-5-9-24/h11-12H,3-10H2,1-2H3,(H2,17,18,19). The Morgan fingerprint density at radius 2 is 2.16 bits per heavy atom.